The van der Waals surface area contributed by atoms with Gasteiger partial charge in [0.15, 0.2) is 6.04 Å². The van der Waals surface area contributed by atoms with Crippen LogP contribution in [0.15, 0.2) is 23.2 Å². The fraction of sp³-hybridized carbons (Fsp3) is 0.400. The van der Waals surface area contributed by atoms with Gasteiger partial charge in [0.1, 0.15) is 15.8 Å². The smallest absolute Gasteiger partial charge is 0.331 e. The van der Waals surface area contributed by atoms with E-state index in [1.54, 1.807) is 11.3 Å². The Labute approximate surface area is 142 Å². The first-order chi connectivity index (χ1) is 11.2. The van der Waals surface area contributed by atoms with Gasteiger partial charge in [-0.25, -0.2) is 9.78 Å². The molecule has 0 spiro atoms. The van der Waals surface area contributed by atoms with E-state index in [1.165, 1.54) is 18.9 Å². The molecule has 0 saturated carbocycles. The van der Waals surface area contributed by atoms with Crippen LogP contribution >= 0.6 is 23.1 Å². The van der Waals surface area contributed by atoms with Gasteiger partial charge >= 0.3 is 5.97 Å². The van der Waals surface area contributed by atoms with E-state index in [-0.39, 0.29) is 5.97 Å². The number of methoxy groups -OCH3 is 1. The largest absolute Gasteiger partial charge is 0.493 e. The summed E-state index contributed by atoms with van der Waals surface area (Å²) in [4.78, 5) is 20.6. The molecular formula is C15H17N3O3S2. The molecule has 6 nitrogen and oxygen atoms in total. The first-order valence-electron chi connectivity index (χ1n) is 7.23. The average molecular weight is 351 g/mol. The fourth-order valence-electron chi connectivity index (χ4n) is 2.11. The lowest BCUT2D eigenvalue weighted by molar-refractivity contribution is -0.141. The number of thiazole rings is 1. The molecular weight excluding hydrogens is 334 g/mol. The number of fused-ring (bicyclic) bond motifs is 1. The monoisotopic (exact) mass is 351 g/mol. The van der Waals surface area contributed by atoms with E-state index in [1.807, 2.05) is 18.2 Å². The second-order valence-electron chi connectivity index (χ2n) is 4.92. The first kappa shape index (κ1) is 16.2. The van der Waals surface area contributed by atoms with E-state index < -0.39 is 6.04 Å². The van der Waals surface area contributed by atoms with Gasteiger partial charge in [-0.15, -0.1) is 23.1 Å². The molecule has 0 aliphatic carbocycles. The third-order valence-corrected chi connectivity index (χ3v) is 5.49. The summed E-state index contributed by atoms with van der Waals surface area (Å²) in [6, 6.07) is 5.39. The van der Waals surface area contributed by atoms with Gasteiger partial charge in [0, 0.05) is 5.75 Å². The Balaban J connectivity index is 1.79. The van der Waals surface area contributed by atoms with Gasteiger partial charge in [0.2, 0.25) is 0 Å². The van der Waals surface area contributed by atoms with Crippen LogP contribution in [0, 0.1) is 0 Å². The number of benzene rings is 1. The Morgan fingerprint density at radius 2 is 2.35 bits per heavy atom. The summed E-state index contributed by atoms with van der Waals surface area (Å²) in [5, 5.41) is 1.63. The summed E-state index contributed by atoms with van der Waals surface area (Å²) in [5.74, 6) is 1.12. The van der Waals surface area contributed by atoms with E-state index in [0.717, 1.165) is 32.4 Å². The lowest BCUT2D eigenvalue weighted by Crippen LogP contribution is -2.19. The van der Waals surface area contributed by atoms with Crippen molar-refractivity contribution in [2.45, 2.75) is 12.5 Å². The minimum absolute atomic E-state index is 0.302. The molecule has 3 rings (SSSR count). The minimum Gasteiger partial charge on any atom is -0.493 e. The van der Waals surface area contributed by atoms with Gasteiger partial charge in [-0.3, -0.25) is 4.99 Å². The maximum absolute atomic E-state index is 11.5. The van der Waals surface area contributed by atoms with E-state index in [9.17, 15) is 4.79 Å². The lowest BCUT2D eigenvalue weighted by Gasteiger charge is -2.04. The predicted octanol–water partition coefficient (Wildman–Crippen LogP) is 2.06. The summed E-state index contributed by atoms with van der Waals surface area (Å²) >= 11 is 3.09. The van der Waals surface area contributed by atoms with Crippen LogP contribution in [0.1, 0.15) is 11.4 Å². The number of thioether (sulfide) groups is 1. The first-order valence-corrected chi connectivity index (χ1v) is 9.03. The number of nitrogens with zero attached hydrogens (tertiary/aromatic N) is 2. The molecule has 1 aromatic heterocycles. The number of esters is 1. The number of carbonyl (C=O) groups is 1. The molecule has 1 aromatic carbocycles. The zero-order chi connectivity index (χ0) is 16.2. The van der Waals surface area contributed by atoms with Crippen molar-refractivity contribution in [2.75, 3.05) is 26.0 Å². The number of nitrogens with two attached hydrogens (primary N) is 1. The molecule has 2 aromatic rings. The summed E-state index contributed by atoms with van der Waals surface area (Å²) in [6.07, 6.45) is 0.828. The summed E-state index contributed by atoms with van der Waals surface area (Å²) < 4.78 is 11.4. The Morgan fingerprint density at radius 1 is 1.48 bits per heavy atom. The van der Waals surface area contributed by atoms with E-state index in [0.29, 0.717) is 18.9 Å². The Kier molecular flexibility index (Phi) is 5.14. The standard InChI is InChI=1S/C15H17N3O3S2/c1-20-15(19)11-8-22-13(18-11)14-17-10-4-3-9(7-12(10)23-14)21-6-2-5-16/h3-4,7,11H,2,5-6,8,16H2,1H3/t11-/m1/s1. The van der Waals surface area contributed by atoms with Gasteiger partial charge in [-0.2, -0.15) is 0 Å². The van der Waals surface area contributed by atoms with Crippen molar-refractivity contribution in [1.82, 2.24) is 4.98 Å². The number of ether oxygens (including phenoxy) is 2. The molecule has 0 amide bonds. The van der Waals surface area contributed by atoms with Gasteiger partial charge in [-0.05, 0) is 31.2 Å². The zero-order valence-electron chi connectivity index (χ0n) is 12.7. The fourth-order valence-corrected chi connectivity index (χ4v) is 4.19. The quantitative estimate of drug-likeness (QED) is 0.633. The molecule has 0 radical (unpaired) electrons. The minimum atomic E-state index is -0.429. The Bertz CT molecular complexity index is 745. The van der Waals surface area contributed by atoms with E-state index in [2.05, 4.69) is 9.98 Å². The summed E-state index contributed by atoms with van der Waals surface area (Å²) in [7, 11) is 1.38. The van der Waals surface area contributed by atoms with Gasteiger partial charge < -0.3 is 15.2 Å². The number of hydrogen-bond acceptors (Lipinski definition) is 8. The number of carbonyl (C=O) groups excluding carboxylic acids is 1. The Morgan fingerprint density at radius 3 is 3.13 bits per heavy atom. The number of aliphatic imine (C=N–C) groups is 1. The molecule has 8 heteroatoms. The van der Waals surface area contributed by atoms with E-state index >= 15 is 0 Å². The third-order valence-electron chi connectivity index (χ3n) is 3.28. The highest BCUT2D eigenvalue weighted by Gasteiger charge is 2.27. The molecule has 1 aliphatic heterocycles. The Hall–Kier alpha value is -1.64. The van der Waals surface area contributed by atoms with Gasteiger partial charge in [0.05, 0.1) is 23.9 Å². The average Bonchev–Trinajstić information content (AvgIpc) is 3.20. The van der Waals surface area contributed by atoms with Crippen LogP contribution in [0.25, 0.3) is 10.2 Å². The van der Waals surface area contributed by atoms with Crippen LogP contribution in [0.2, 0.25) is 0 Å². The van der Waals surface area contributed by atoms with Crippen molar-refractivity contribution in [3.63, 3.8) is 0 Å². The number of aromatic nitrogens is 1. The summed E-state index contributed by atoms with van der Waals surface area (Å²) in [5.41, 5.74) is 6.37. The molecule has 1 aliphatic rings. The molecule has 0 saturated heterocycles. The van der Waals surface area contributed by atoms with Crippen molar-refractivity contribution in [3.05, 3.63) is 23.2 Å². The van der Waals surface area contributed by atoms with Crippen molar-refractivity contribution in [3.8, 4) is 5.75 Å². The topological polar surface area (TPSA) is 86.8 Å². The number of rotatable bonds is 6. The van der Waals surface area contributed by atoms with Crippen LogP contribution in [0.5, 0.6) is 5.75 Å². The molecule has 0 unspecified atom stereocenters. The molecule has 23 heavy (non-hydrogen) atoms. The summed E-state index contributed by atoms with van der Waals surface area (Å²) in [6.45, 7) is 1.22. The number of hydrogen-bond donors (Lipinski definition) is 1. The zero-order valence-corrected chi connectivity index (χ0v) is 14.3. The van der Waals surface area contributed by atoms with Crippen molar-refractivity contribution in [1.29, 1.82) is 0 Å². The van der Waals surface area contributed by atoms with Gasteiger partial charge in [0.25, 0.3) is 0 Å². The van der Waals surface area contributed by atoms with Crippen LogP contribution < -0.4 is 10.5 Å². The van der Waals surface area contributed by atoms with Gasteiger partial charge in [-0.1, -0.05) is 0 Å². The van der Waals surface area contributed by atoms with Crippen molar-refractivity contribution >= 4 is 44.3 Å². The highest BCUT2D eigenvalue weighted by molar-refractivity contribution is 8.15. The third kappa shape index (κ3) is 3.65. The van der Waals surface area contributed by atoms with Crippen LogP contribution in [-0.4, -0.2) is 48.1 Å². The predicted molar refractivity (Wildman–Crippen MR) is 93.6 cm³/mol. The van der Waals surface area contributed by atoms with Crippen LogP contribution in [0.3, 0.4) is 0 Å². The molecule has 2 N–H and O–H groups in total. The lowest BCUT2D eigenvalue weighted by atomic mass is 10.3. The van der Waals surface area contributed by atoms with Crippen LogP contribution in [0.4, 0.5) is 0 Å². The second kappa shape index (κ2) is 7.29. The van der Waals surface area contributed by atoms with E-state index in [4.69, 9.17) is 15.2 Å². The molecule has 2 heterocycles. The molecule has 122 valence electrons. The second-order valence-corrected chi connectivity index (χ2v) is 6.96. The van der Waals surface area contributed by atoms with Crippen molar-refractivity contribution in [2.24, 2.45) is 10.7 Å². The maximum atomic E-state index is 11.5. The van der Waals surface area contributed by atoms with Crippen molar-refractivity contribution < 1.29 is 14.3 Å². The highest BCUT2D eigenvalue weighted by atomic mass is 32.2. The molecule has 0 fully saturated rings. The maximum Gasteiger partial charge on any atom is 0.331 e. The molecule has 1 atom stereocenters. The normalized spacial score (nSPS) is 17.3. The SMILES string of the molecule is COC(=O)[C@H]1CSC(c2nc3ccc(OCCCN)cc3s2)=N1. The highest BCUT2D eigenvalue weighted by Crippen LogP contribution is 2.31. The van der Waals surface area contributed by atoms with Crippen LogP contribution in [-0.2, 0) is 9.53 Å². The molecule has 0 bridgehead atoms.